The number of halogens is 3. The Hall–Kier alpha value is -3.09. The fraction of sp³-hybridized carbons (Fsp3) is 0.429. The van der Waals surface area contributed by atoms with Crippen LogP contribution in [0.4, 0.5) is 13.2 Å². The first-order valence-corrected chi connectivity index (χ1v) is 12.1. The van der Waals surface area contributed by atoms with Gasteiger partial charge in [-0.2, -0.15) is 13.2 Å². The average Bonchev–Trinajstić information content (AvgIpc) is 3.51. The molecule has 1 aliphatic carbocycles. The molecule has 0 radical (unpaired) electrons. The normalized spacial score (nSPS) is 13.0. The summed E-state index contributed by atoms with van der Waals surface area (Å²) in [7, 11) is 0. The number of primary amides is 1. The van der Waals surface area contributed by atoms with Crippen LogP contribution < -0.4 is 5.73 Å². The summed E-state index contributed by atoms with van der Waals surface area (Å²) < 4.78 is 40.4. The van der Waals surface area contributed by atoms with Gasteiger partial charge in [0.2, 0.25) is 5.91 Å². The SMILES string of the molecule is CC.CC(=O)c1ccc(-c2ccc3[nH]ccc3c2C(F)(F)F)cc1.CC1CCCC1.CCC(N)=O. The van der Waals surface area contributed by atoms with Gasteiger partial charge in [0.25, 0.3) is 0 Å². The van der Waals surface area contributed by atoms with Crippen LogP contribution >= 0.6 is 0 Å². The number of Topliss-reactive ketones (excluding diaryl/α,β-unsaturated/α-hetero) is 1. The van der Waals surface area contributed by atoms with E-state index in [0.717, 1.165) is 5.92 Å². The van der Waals surface area contributed by atoms with Crippen LogP contribution in [0.3, 0.4) is 0 Å². The minimum atomic E-state index is -4.46. The third kappa shape index (κ3) is 9.23. The minimum Gasteiger partial charge on any atom is -0.370 e. The standard InChI is InChI=1S/C17H12F3NO.C6H12.C3H7NO.C2H6/c1-10(22)11-2-4-12(5-3-11)13-6-7-15-14(8-9-21-15)16(13)17(18,19)20;1-6-4-2-3-5-6;1-2-3(4)5;1-2/h2-9,21H,1H3;6H,2-5H2,1H3;2H2,1H3,(H2,4,5);1-2H3. The van der Waals surface area contributed by atoms with Crippen molar-refractivity contribution in [3.05, 3.63) is 59.8 Å². The minimum absolute atomic E-state index is 0.106. The lowest BCUT2D eigenvalue weighted by Gasteiger charge is -2.14. The Balaban J connectivity index is 0.000000388. The van der Waals surface area contributed by atoms with Crippen molar-refractivity contribution in [2.24, 2.45) is 11.7 Å². The highest BCUT2D eigenvalue weighted by molar-refractivity contribution is 5.95. The topological polar surface area (TPSA) is 75.9 Å². The summed E-state index contributed by atoms with van der Waals surface area (Å²) in [4.78, 5) is 23.7. The molecule has 1 heterocycles. The molecule has 1 saturated carbocycles. The Kier molecular flexibility index (Phi) is 12.3. The molecule has 0 bridgehead atoms. The predicted molar refractivity (Wildman–Crippen MR) is 137 cm³/mol. The van der Waals surface area contributed by atoms with E-state index in [4.69, 9.17) is 0 Å². The van der Waals surface area contributed by atoms with Crippen LogP contribution in [0, 0.1) is 5.92 Å². The van der Waals surface area contributed by atoms with Crippen molar-refractivity contribution in [2.75, 3.05) is 0 Å². The molecule has 3 N–H and O–H groups in total. The number of hydrogen-bond acceptors (Lipinski definition) is 2. The number of carbonyl (C=O) groups excluding carboxylic acids is 2. The number of rotatable bonds is 3. The highest BCUT2D eigenvalue weighted by atomic mass is 19.4. The molecule has 1 fully saturated rings. The maximum atomic E-state index is 13.5. The van der Waals surface area contributed by atoms with E-state index in [9.17, 15) is 22.8 Å². The Labute approximate surface area is 206 Å². The lowest BCUT2D eigenvalue weighted by Crippen LogP contribution is -2.08. The average molecular weight is 491 g/mol. The van der Waals surface area contributed by atoms with E-state index in [-0.39, 0.29) is 22.6 Å². The molecule has 1 aromatic heterocycles. The summed E-state index contributed by atoms with van der Waals surface area (Å²) in [5.41, 5.74) is 5.44. The van der Waals surface area contributed by atoms with E-state index in [1.807, 2.05) is 13.8 Å². The van der Waals surface area contributed by atoms with Gasteiger partial charge in [0.1, 0.15) is 0 Å². The van der Waals surface area contributed by atoms with Crippen LogP contribution in [-0.4, -0.2) is 16.7 Å². The number of nitrogens with two attached hydrogens (primary N) is 1. The molecule has 192 valence electrons. The van der Waals surface area contributed by atoms with Crippen molar-refractivity contribution < 1.29 is 22.8 Å². The van der Waals surface area contributed by atoms with Crippen LogP contribution in [0.5, 0.6) is 0 Å². The second kappa shape index (κ2) is 14.3. The van der Waals surface area contributed by atoms with Gasteiger partial charge in [-0.1, -0.05) is 83.7 Å². The Morgan fingerprint density at radius 3 is 1.94 bits per heavy atom. The van der Waals surface area contributed by atoms with E-state index in [1.165, 1.54) is 50.9 Å². The van der Waals surface area contributed by atoms with Crippen LogP contribution in [0.1, 0.15) is 82.6 Å². The zero-order valence-electron chi connectivity index (χ0n) is 21.3. The van der Waals surface area contributed by atoms with E-state index < -0.39 is 11.7 Å². The quantitative estimate of drug-likeness (QED) is 0.363. The monoisotopic (exact) mass is 490 g/mol. The summed E-state index contributed by atoms with van der Waals surface area (Å²) in [5, 5.41) is 0.139. The predicted octanol–water partition coefficient (Wildman–Crippen LogP) is 8.16. The van der Waals surface area contributed by atoms with E-state index in [1.54, 1.807) is 37.3 Å². The molecule has 4 rings (SSSR count). The fourth-order valence-electron chi connectivity index (χ4n) is 3.69. The van der Waals surface area contributed by atoms with Gasteiger partial charge in [0, 0.05) is 29.1 Å². The number of H-pyrrole nitrogens is 1. The lowest BCUT2D eigenvalue weighted by molar-refractivity contribution is -0.135. The summed E-state index contributed by atoms with van der Waals surface area (Å²) in [5.74, 6) is 0.679. The van der Waals surface area contributed by atoms with E-state index in [0.29, 0.717) is 23.1 Å². The second-order valence-electron chi connectivity index (χ2n) is 8.27. The molecular weight excluding hydrogens is 453 g/mol. The molecular formula is C28H37F3N2O2. The van der Waals surface area contributed by atoms with Gasteiger partial charge in [-0.15, -0.1) is 0 Å². The van der Waals surface area contributed by atoms with Crippen molar-refractivity contribution in [3.8, 4) is 11.1 Å². The molecule has 1 aliphatic rings. The van der Waals surface area contributed by atoms with Gasteiger partial charge >= 0.3 is 6.18 Å². The second-order valence-corrected chi connectivity index (χ2v) is 8.27. The number of carbonyl (C=O) groups is 2. The molecule has 1 amide bonds. The number of fused-ring (bicyclic) bond motifs is 1. The number of nitrogens with one attached hydrogen (secondary N) is 1. The fourth-order valence-corrected chi connectivity index (χ4v) is 3.69. The van der Waals surface area contributed by atoms with Gasteiger partial charge in [-0.25, -0.2) is 0 Å². The van der Waals surface area contributed by atoms with Crippen LogP contribution in [0.15, 0.2) is 48.7 Å². The van der Waals surface area contributed by atoms with Gasteiger partial charge in [0.15, 0.2) is 5.78 Å². The first-order valence-electron chi connectivity index (χ1n) is 12.1. The summed E-state index contributed by atoms with van der Waals surface area (Å²) >= 11 is 0. The number of benzene rings is 2. The zero-order valence-corrected chi connectivity index (χ0v) is 21.3. The molecule has 35 heavy (non-hydrogen) atoms. The van der Waals surface area contributed by atoms with Gasteiger partial charge in [-0.3, -0.25) is 9.59 Å². The van der Waals surface area contributed by atoms with E-state index in [2.05, 4.69) is 17.6 Å². The first kappa shape index (κ1) is 29.9. The molecule has 0 unspecified atom stereocenters. The van der Waals surface area contributed by atoms with Crippen molar-refractivity contribution >= 4 is 22.6 Å². The number of hydrogen-bond donors (Lipinski definition) is 2. The molecule has 2 aromatic carbocycles. The number of aromatic amines is 1. The Morgan fingerprint density at radius 2 is 1.54 bits per heavy atom. The smallest absolute Gasteiger partial charge is 0.370 e. The van der Waals surface area contributed by atoms with Crippen molar-refractivity contribution in [2.45, 2.75) is 72.9 Å². The van der Waals surface area contributed by atoms with Crippen molar-refractivity contribution in [3.63, 3.8) is 0 Å². The third-order valence-electron chi connectivity index (χ3n) is 5.61. The zero-order chi connectivity index (χ0) is 26.6. The summed E-state index contributed by atoms with van der Waals surface area (Å²) in [6.45, 7) is 9.48. The molecule has 4 nitrogen and oxygen atoms in total. The maximum absolute atomic E-state index is 13.5. The third-order valence-corrected chi connectivity index (χ3v) is 5.61. The van der Waals surface area contributed by atoms with Gasteiger partial charge < -0.3 is 10.7 Å². The first-order chi connectivity index (χ1) is 16.5. The number of ketones is 1. The van der Waals surface area contributed by atoms with Crippen LogP contribution in [0.25, 0.3) is 22.0 Å². The number of alkyl halides is 3. The molecule has 0 saturated heterocycles. The van der Waals surface area contributed by atoms with Crippen LogP contribution in [0.2, 0.25) is 0 Å². The Bertz CT molecular complexity index is 1060. The molecule has 7 heteroatoms. The number of aromatic nitrogens is 1. The molecule has 0 atom stereocenters. The highest BCUT2D eigenvalue weighted by Crippen LogP contribution is 2.41. The highest BCUT2D eigenvalue weighted by Gasteiger charge is 2.36. The van der Waals surface area contributed by atoms with Gasteiger partial charge in [0.05, 0.1) is 5.56 Å². The van der Waals surface area contributed by atoms with Crippen molar-refractivity contribution in [1.82, 2.24) is 4.98 Å². The molecule has 0 aliphatic heterocycles. The largest absolute Gasteiger partial charge is 0.417 e. The molecule has 3 aromatic rings. The molecule has 0 spiro atoms. The van der Waals surface area contributed by atoms with Crippen LogP contribution in [-0.2, 0) is 11.0 Å². The maximum Gasteiger partial charge on any atom is 0.417 e. The lowest BCUT2D eigenvalue weighted by atomic mass is 9.95. The van der Waals surface area contributed by atoms with Gasteiger partial charge in [-0.05, 0) is 36.1 Å². The summed E-state index contributed by atoms with van der Waals surface area (Å²) in [6, 6.07) is 10.7. The number of amides is 1. The Morgan fingerprint density at radius 1 is 1.00 bits per heavy atom. The van der Waals surface area contributed by atoms with E-state index >= 15 is 0 Å². The van der Waals surface area contributed by atoms with Crippen molar-refractivity contribution in [1.29, 1.82) is 0 Å². The summed E-state index contributed by atoms with van der Waals surface area (Å²) in [6.07, 6.45) is 3.42.